The SMILES string of the molecule is NCCCNC1CC(c2cccc(Cl)c2)C1. The average Bonchev–Trinajstić information content (AvgIpc) is 2.21. The fraction of sp³-hybridized carbons (Fsp3) is 0.538. The number of nitrogens with two attached hydrogens (primary N) is 1. The van der Waals surface area contributed by atoms with Gasteiger partial charge >= 0.3 is 0 Å². The molecular weight excluding hydrogens is 220 g/mol. The lowest BCUT2D eigenvalue weighted by Gasteiger charge is -2.36. The lowest BCUT2D eigenvalue weighted by atomic mass is 9.76. The van der Waals surface area contributed by atoms with E-state index in [0.29, 0.717) is 12.0 Å². The van der Waals surface area contributed by atoms with E-state index in [2.05, 4.69) is 17.4 Å². The Labute approximate surface area is 102 Å². The normalized spacial score (nSPS) is 24.1. The van der Waals surface area contributed by atoms with Gasteiger partial charge in [-0.25, -0.2) is 0 Å². The summed E-state index contributed by atoms with van der Waals surface area (Å²) in [6, 6.07) is 8.90. The van der Waals surface area contributed by atoms with Crippen LogP contribution >= 0.6 is 11.6 Å². The Bertz CT molecular complexity index is 334. The first-order valence-electron chi connectivity index (χ1n) is 5.98. The summed E-state index contributed by atoms with van der Waals surface area (Å²) >= 11 is 5.98. The monoisotopic (exact) mass is 238 g/mol. The maximum atomic E-state index is 5.98. The summed E-state index contributed by atoms with van der Waals surface area (Å²) in [6.45, 7) is 1.82. The van der Waals surface area contributed by atoms with Crippen molar-refractivity contribution in [3.05, 3.63) is 34.9 Å². The molecule has 1 saturated carbocycles. The second kappa shape index (κ2) is 5.67. The minimum absolute atomic E-state index is 0.676. The number of rotatable bonds is 5. The zero-order chi connectivity index (χ0) is 11.4. The standard InChI is InChI=1S/C13H19ClN2/c14-12-4-1-3-10(7-12)11-8-13(9-11)16-6-2-5-15/h1,3-4,7,11,13,16H,2,5-6,8-9,15H2. The van der Waals surface area contributed by atoms with Gasteiger partial charge in [0.05, 0.1) is 0 Å². The summed E-state index contributed by atoms with van der Waals surface area (Å²) in [7, 11) is 0. The number of nitrogens with one attached hydrogen (secondary N) is 1. The maximum absolute atomic E-state index is 5.98. The van der Waals surface area contributed by atoms with Gasteiger partial charge in [-0.1, -0.05) is 23.7 Å². The van der Waals surface area contributed by atoms with Crippen LogP contribution in [0.25, 0.3) is 0 Å². The molecule has 1 aromatic rings. The van der Waals surface area contributed by atoms with Crippen LogP contribution in [0.5, 0.6) is 0 Å². The van der Waals surface area contributed by atoms with Crippen molar-refractivity contribution in [2.24, 2.45) is 5.73 Å². The number of halogens is 1. The zero-order valence-electron chi connectivity index (χ0n) is 9.45. The Hall–Kier alpha value is -0.570. The molecule has 16 heavy (non-hydrogen) atoms. The molecule has 0 aromatic heterocycles. The van der Waals surface area contributed by atoms with Crippen molar-refractivity contribution in [1.29, 1.82) is 0 Å². The first kappa shape index (κ1) is 11.9. The molecule has 1 aliphatic rings. The van der Waals surface area contributed by atoms with E-state index in [1.807, 2.05) is 12.1 Å². The van der Waals surface area contributed by atoms with Crippen LogP contribution in [0.3, 0.4) is 0 Å². The highest BCUT2D eigenvalue weighted by molar-refractivity contribution is 6.30. The average molecular weight is 239 g/mol. The van der Waals surface area contributed by atoms with E-state index >= 15 is 0 Å². The van der Waals surface area contributed by atoms with Crippen LogP contribution < -0.4 is 11.1 Å². The molecule has 0 amide bonds. The fourth-order valence-electron chi connectivity index (χ4n) is 2.23. The number of benzene rings is 1. The summed E-state index contributed by atoms with van der Waals surface area (Å²) in [6.07, 6.45) is 3.52. The second-order valence-corrected chi connectivity index (χ2v) is 4.95. The Morgan fingerprint density at radius 2 is 2.19 bits per heavy atom. The molecule has 0 bridgehead atoms. The number of hydrogen-bond acceptors (Lipinski definition) is 2. The van der Waals surface area contributed by atoms with Crippen LogP contribution in [0.2, 0.25) is 5.02 Å². The van der Waals surface area contributed by atoms with E-state index in [1.54, 1.807) is 0 Å². The van der Waals surface area contributed by atoms with Crippen molar-refractivity contribution in [3.8, 4) is 0 Å². The molecule has 0 radical (unpaired) electrons. The topological polar surface area (TPSA) is 38.0 Å². The minimum Gasteiger partial charge on any atom is -0.330 e. The van der Waals surface area contributed by atoms with Crippen molar-refractivity contribution < 1.29 is 0 Å². The van der Waals surface area contributed by atoms with Crippen molar-refractivity contribution in [2.75, 3.05) is 13.1 Å². The highest BCUT2D eigenvalue weighted by Crippen LogP contribution is 2.37. The number of hydrogen-bond donors (Lipinski definition) is 2. The Kier molecular flexibility index (Phi) is 4.22. The molecule has 2 rings (SSSR count). The van der Waals surface area contributed by atoms with E-state index in [1.165, 1.54) is 18.4 Å². The molecule has 0 spiro atoms. The van der Waals surface area contributed by atoms with Crippen LogP contribution in [0.1, 0.15) is 30.7 Å². The van der Waals surface area contributed by atoms with Crippen molar-refractivity contribution >= 4 is 11.6 Å². The third-order valence-corrected chi connectivity index (χ3v) is 3.51. The Morgan fingerprint density at radius 3 is 2.88 bits per heavy atom. The molecule has 0 atom stereocenters. The predicted octanol–water partition coefficient (Wildman–Crippen LogP) is 2.52. The lowest BCUT2D eigenvalue weighted by Crippen LogP contribution is -2.40. The molecule has 88 valence electrons. The van der Waals surface area contributed by atoms with Crippen LogP contribution in [-0.2, 0) is 0 Å². The van der Waals surface area contributed by atoms with Gasteiger partial charge in [0.1, 0.15) is 0 Å². The Morgan fingerprint density at radius 1 is 1.38 bits per heavy atom. The summed E-state index contributed by atoms with van der Waals surface area (Å²) in [5, 5.41) is 4.37. The van der Waals surface area contributed by atoms with E-state index in [-0.39, 0.29) is 0 Å². The molecule has 3 heteroatoms. The van der Waals surface area contributed by atoms with E-state index in [9.17, 15) is 0 Å². The van der Waals surface area contributed by atoms with Crippen LogP contribution in [0, 0.1) is 0 Å². The van der Waals surface area contributed by atoms with Crippen LogP contribution in [-0.4, -0.2) is 19.1 Å². The molecule has 0 heterocycles. The predicted molar refractivity (Wildman–Crippen MR) is 68.9 cm³/mol. The van der Waals surface area contributed by atoms with Crippen molar-refractivity contribution in [2.45, 2.75) is 31.2 Å². The summed E-state index contributed by atoms with van der Waals surface area (Å²) in [5.74, 6) is 0.689. The van der Waals surface area contributed by atoms with Crippen LogP contribution in [0.4, 0.5) is 0 Å². The molecule has 0 saturated heterocycles. The molecule has 2 nitrogen and oxygen atoms in total. The first-order valence-corrected chi connectivity index (χ1v) is 6.36. The molecule has 1 fully saturated rings. The smallest absolute Gasteiger partial charge is 0.0408 e. The fourth-order valence-corrected chi connectivity index (χ4v) is 2.42. The largest absolute Gasteiger partial charge is 0.330 e. The van der Waals surface area contributed by atoms with Gasteiger partial charge in [-0.3, -0.25) is 0 Å². The van der Waals surface area contributed by atoms with Gasteiger partial charge in [-0.2, -0.15) is 0 Å². The molecular formula is C13H19ClN2. The van der Waals surface area contributed by atoms with E-state index in [4.69, 9.17) is 17.3 Å². The minimum atomic E-state index is 0.676. The van der Waals surface area contributed by atoms with Crippen molar-refractivity contribution in [1.82, 2.24) is 5.32 Å². The van der Waals surface area contributed by atoms with Crippen molar-refractivity contribution in [3.63, 3.8) is 0 Å². The third-order valence-electron chi connectivity index (χ3n) is 3.27. The highest BCUT2D eigenvalue weighted by atomic mass is 35.5. The summed E-state index contributed by atoms with van der Waals surface area (Å²) in [4.78, 5) is 0. The van der Waals surface area contributed by atoms with Gasteiger partial charge in [0, 0.05) is 11.1 Å². The lowest BCUT2D eigenvalue weighted by molar-refractivity contribution is 0.291. The van der Waals surface area contributed by atoms with Crippen LogP contribution in [0.15, 0.2) is 24.3 Å². The van der Waals surface area contributed by atoms with Gasteiger partial charge in [-0.15, -0.1) is 0 Å². The van der Waals surface area contributed by atoms with Gasteiger partial charge in [-0.05, 0) is 56.0 Å². The Balaban J connectivity index is 1.75. The van der Waals surface area contributed by atoms with Gasteiger partial charge in [0.15, 0.2) is 0 Å². The first-order chi connectivity index (χ1) is 7.79. The van der Waals surface area contributed by atoms with Gasteiger partial charge in [0.25, 0.3) is 0 Å². The van der Waals surface area contributed by atoms with Gasteiger partial charge in [0.2, 0.25) is 0 Å². The molecule has 1 aliphatic carbocycles. The molecule has 1 aromatic carbocycles. The summed E-state index contributed by atoms with van der Waals surface area (Å²) in [5.41, 5.74) is 6.83. The summed E-state index contributed by atoms with van der Waals surface area (Å²) < 4.78 is 0. The molecule has 0 aliphatic heterocycles. The van der Waals surface area contributed by atoms with E-state index in [0.717, 1.165) is 24.5 Å². The molecule has 3 N–H and O–H groups in total. The maximum Gasteiger partial charge on any atom is 0.0408 e. The zero-order valence-corrected chi connectivity index (χ0v) is 10.2. The third kappa shape index (κ3) is 2.97. The highest BCUT2D eigenvalue weighted by Gasteiger charge is 2.29. The molecule has 0 unspecified atom stereocenters. The van der Waals surface area contributed by atoms with E-state index < -0.39 is 0 Å². The second-order valence-electron chi connectivity index (χ2n) is 4.52. The van der Waals surface area contributed by atoms with Gasteiger partial charge < -0.3 is 11.1 Å². The quantitative estimate of drug-likeness (QED) is 0.774.